The lowest BCUT2D eigenvalue weighted by atomic mass is 10.1. The fourth-order valence-electron chi connectivity index (χ4n) is 1.76. The number of thiazole rings is 1. The first-order chi connectivity index (χ1) is 7.15. The zero-order chi connectivity index (χ0) is 10.8. The Morgan fingerprint density at radius 1 is 1.80 bits per heavy atom. The number of carbonyl (C=O) groups excluding carboxylic acids is 1. The molecule has 4 nitrogen and oxygen atoms in total. The van der Waals surface area contributed by atoms with Crippen LogP contribution in [-0.2, 0) is 11.3 Å². The largest absolute Gasteiger partial charge is 0.369 e. The molecule has 1 saturated heterocycles. The molecule has 1 amide bonds. The Morgan fingerprint density at radius 3 is 3.13 bits per heavy atom. The zero-order valence-corrected chi connectivity index (χ0v) is 10.6. The molecule has 1 aliphatic heterocycles. The van der Waals surface area contributed by atoms with Crippen molar-refractivity contribution in [3.63, 3.8) is 0 Å². The molecule has 1 unspecified atom stereocenters. The maximum Gasteiger partial charge on any atom is 0.221 e. The lowest BCUT2D eigenvalue weighted by Crippen LogP contribution is -2.27. The predicted octanol–water partition coefficient (Wildman–Crippen LogP) is 1.21. The molecule has 2 rings (SSSR count). The molecule has 0 spiro atoms. The van der Waals surface area contributed by atoms with Crippen LogP contribution in [0.5, 0.6) is 0 Å². The van der Waals surface area contributed by atoms with Gasteiger partial charge in [-0.25, -0.2) is 4.98 Å². The van der Waals surface area contributed by atoms with Crippen molar-refractivity contribution in [3.8, 4) is 0 Å². The molecule has 1 aliphatic rings. The second kappa shape index (κ2) is 4.59. The molecular formula is C9H12BrN3OS. The summed E-state index contributed by atoms with van der Waals surface area (Å²) in [5.74, 6) is -0.161. The van der Waals surface area contributed by atoms with Gasteiger partial charge in [0.15, 0.2) is 0 Å². The summed E-state index contributed by atoms with van der Waals surface area (Å²) in [6, 6.07) is 0. The van der Waals surface area contributed by atoms with Crippen LogP contribution in [0.3, 0.4) is 0 Å². The van der Waals surface area contributed by atoms with E-state index in [-0.39, 0.29) is 11.8 Å². The SMILES string of the molecule is NC(=O)C1CCN(Cc2ncc(Br)s2)C1. The van der Waals surface area contributed by atoms with Gasteiger partial charge in [0.2, 0.25) is 5.91 Å². The molecule has 2 N–H and O–H groups in total. The summed E-state index contributed by atoms with van der Waals surface area (Å²) in [5, 5.41) is 1.08. The predicted molar refractivity (Wildman–Crippen MR) is 62.4 cm³/mol. The Bertz CT molecular complexity index is 368. The van der Waals surface area contributed by atoms with Crippen molar-refractivity contribution in [2.75, 3.05) is 13.1 Å². The smallest absolute Gasteiger partial charge is 0.221 e. The second-order valence-electron chi connectivity index (χ2n) is 3.68. The minimum Gasteiger partial charge on any atom is -0.369 e. The summed E-state index contributed by atoms with van der Waals surface area (Å²) >= 11 is 5.01. The number of hydrogen-bond donors (Lipinski definition) is 1. The van der Waals surface area contributed by atoms with Gasteiger partial charge in [-0.05, 0) is 28.9 Å². The van der Waals surface area contributed by atoms with E-state index in [4.69, 9.17) is 5.73 Å². The Morgan fingerprint density at radius 2 is 2.60 bits per heavy atom. The third-order valence-corrected chi connectivity index (χ3v) is 4.02. The van der Waals surface area contributed by atoms with E-state index in [1.807, 2.05) is 6.20 Å². The van der Waals surface area contributed by atoms with Crippen LogP contribution < -0.4 is 5.73 Å². The van der Waals surface area contributed by atoms with Gasteiger partial charge in [0.05, 0.1) is 22.4 Å². The molecular weight excluding hydrogens is 278 g/mol. The first-order valence-corrected chi connectivity index (χ1v) is 6.38. The highest BCUT2D eigenvalue weighted by molar-refractivity contribution is 9.11. The number of aromatic nitrogens is 1. The highest BCUT2D eigenvalue weighted by atomic mass is 79.9. The van der Waals surface area contributed by atoms with Crippen LogP contribution in [0.25, 0.3) is 0 Å². The summed E-state index contributed by atoms with van der Waals surface area (Å²) in [4.78, 5) is 17.5. The molecule has 15 heavy (non-hydrogen) atoms. The standard InChI is InChI=1S/C9H12BrN3OS/c10-7-3-12-8(15-7)5-13-2-1-6(4-13)9(11)14/h3,6H,1-2,4-5H2,(H2,11,14). The van der Waals surface area contributed by atoms with Crippen LogP contribution in [-0.4, -0.2) is 28.9 Å². The van der Waals surface area contributed by atoms with Gasteiger partial charge >= 0.3 is 0 Å². The molecule has 0 saturated carbocycles. The van der Waals surface area contributed by atoms with Crippen molar-refractivity contribution in [2.45, 2.75) is 13.0 Å². The molecule has 2 heterocycles. The van der Waals surface area contributed by atoms with Gasteiger partial charge in [-0.1, -0.05) is 0 Å². The summed E-state index contributed by atoms with van der Waals surface area (Å²) in [5.41, 5.74) is 5.27. The average molecular weight is 290 g/mol. The topological polar surface area (TPSA) is 59.2 Å². The maximum atomic E-state index is 11.0. The van der Waals surface area contributed by atoms with E-state index < -0.39 is 0 Å². The molecule has 0 bridgehead atoms. The van der Waals surface area contributed by atoms with Gasteiger partial charge in [-0.2, -0.15) is 0 Å². The maximum absolute atomic E-state index is 11.0. The van der Waals surface area contributed by atoms with E-state index in [0.29, 0.717) is 0 Å². The molecule has 1 aromatic heterocycles. The Labute approximate surface area is 101 Å². The second-order valence-corrected chi connectivity index (χ2v) is 6.18. The highest BCUT2D eigenvalue weighted by Crippen LogP contribution is 2.23. The monoisotopic (exact) mass is 289 g/mol. The van der Waals surface area contributed by atoms with E-state index in [0.717, 1.165) is 34.8 Å². The third-order valence-electron chi connectivity index (χ3n) is 2.56. The summed E-state index contributed by atoms with van der Waals surface area (Å²) < 4.78 is 1.04. The lowest BCUT2D eigenvalue weighted by molar-refractivity contribution is -0.121. The summed E-state index contributed by atoms with van der Waals surface area (Å²) in [7, 11) is 0. The van der Waals surface area contributed by atoms with Gasteiger partial charge in [0.1, 0.15) is 5.01 Å². The Kier molecular flexibility index (Phi) is 3.38. The number of rotatable bonds is 3. The van der Waals surface area contributed by atoms with E-state index >= 15 is 0 Å². The van der Waals surface area contributed by atoms with Crippen LogP contribution in [0.2, 0.25) is 0 Å². The zero-order valence-electron chi connectivity index (χ0n) is 8.15. The fraction of sp³-hybridized carbons (Fsp3) is 0.556. The number of carbonyl (C=O) groups is 1. The van der Waals surface area contributed by atoms with E-state index in [9.17, 15) is 4.79 Å². The molecule has 1 aromatic rings. The van der Waals surface area contributed by atoms with Crippen LogP contribution in [0.15, 0.2) is 9.98 Å². The van der Waals surface area contributed by atoms with Crippen LogP contribution in [0, 0.1) is 5.92 Å². The quantitative estimate of drug-likeness (QED) is 0.910. The van der Waals surface area contributed by atoms with Crippen molar-refractivity contribution in [2.24, 2.45) is 11.7 Å². The summed E-state index contributed by atoms with van der Waals surface area (Å²) in [6.45, 7) is 2.53. The van der Waals surface area contributed by atoms with Gasteiger partial charge < -0.3 is 5.73 Å². The van der Waals surface area contributed by atoms with Crippen molar-refractivity contribution >= 4 is 33.2 Å². The number of hydrogen-bond acceptors (Lipinski definition) is 4. The van der Waals surface area contributed by atoms with Gasteiger partial charge in [-0.3, -0.25) is 9.69 Å². The molecule has 1 atom stereocenters. The number of amides is 1. The Hall–Kier alpha value is -0.460. The first-order valence-electron chi connectivity index (χ1n) is 4.77. The minimum atomic E-state index is -0.183. The summed E-state index contributed by atoms with van der Waals surface area (Å²) in [6.07, 6.45) is 2.68. The molecule has 6 heteroatoms. The number of nitrogens with zero attached hydrogens (tertiary/aromatic N) is 2. The third kappa shape index (κ3) is 2.76. The number of nitrogens with two attached hydrogens (primary N) is 1. The van der Waals surface area contributed by atoms with Gasteiger partial charge in [0, 0.05) is 6.54 Å². The fourth-order valence-corrected chi connectivity index (χ4v) is 3.11. The van der Waals surface area contributed by atoms with Gasteiger partial charge in [-0.15, -0.1) is 11.3 Å². The van der Waals surface area contributed by atoms with E-state index in [1.54, 1.807) is 11.3 Å². The van der Waals surface area contributed by atoms with Crippen molar-refractivity contribution < 1.29 is 4.79 Å². The Balaban J connectivity index is 1.90. The lowest BCUT2D eigenvalue weighted by Gasteiger charge is -2.12. The van der Waals surface area contributed by atoms with Crippen molar-refractivity contribution in [3.05, 3.63) is 15.0 Å². The van der Waals surface area contributed by atoms with Gasteiger partial charge in [0.25, 0.3) is 0 Å². The molecule has 0 radical (unpaired) electrons. The number of likely N-dealkylation sites (tertiary alicyclic amines) is 1. The average Bonchev–Trinajstić information content (AvgIpc) is 2.76. The van der Waals surface area contributed by atoms with Crippen molar-refractivity contribution in [1.82, 2.24) is 9.88 Å². The van der Waals surface area contributed by atoms with Crippen LogP contribution in [0.1, 0.15) is 11.4 Å². The van der Waals surface area contributed by atoms with Crippen LogP contribution in [0.4, 0.5) is 0 Å². The van der Waals surface area contributed by atoms with E-state index in [1.165, 1.54) is 0 Å². The number of halogens is 1. The van der Waals surface area contributed by atoms with Crippen molar-refractivity contribution in [1.29, 1.82) is 0 Å². The number of primary amides is 1. The molecule has 0 aromatic carbocycles. The molecule has 0 aliphatic carbocycles. The van der Waals surface area contributed by atoms with Crippen LogP contribution >= 0.6 is 27.3 Å². The van der Waals surface area contributed by atoms with E-state index in [2.05, 4.69) is 25.8 Å². The molecule has 1 fully saturated rings. The normalized spacial score (nSPS) is 22.1. The molecule has 82 valence electrons. The minimum absolute atomic E-state index is 0.0217. The highest BCUT2D eigenvalue weighted by Gasteiger charge is 2.26. The first kappa shape index (κ1) is 11.0.